The van der Waals surface area contributed by atoms with Crippen molar-refractivity contribution >= 4 is 51.0 Å². The molecule has 8 heterocycles. The average Bonchev–Trinajstić information content (AvgIpc) is 4.12. The third kappa shape index (κ3) is 10.2. The Morgan fingerprint density at radius 3 is 2.48 bits per heavy atom. The molecular weight excluding hydrogens is 1050 g/mol. The van der Waals surface area contributed by atoms with Crippen LogP contribution in [0.5, 0.6) is 11.8 Å². The second-order valence-electron chi connectivity index (χ2n) is 22.4. The molecule has 1 saturated carbocycles. The summed E-state index contributed by atoms with van der Waals surface area (Å²) in [6.07, 6.45) is 12.1. The summed E-state index contributed by atoms with van der Waals surface area (Å²) < 4.78 is 37.2. The number of aliphatic hydroxyl groups excluding tert-OH is 1. The van der Waals surface area contributed by atoms with Crippen LogP contribution in [0.1, 0.15) is 99.0 Å². The first kappa shape index (κ1) is 52.7. The van der Waals surface area contributed by atoms with Crippen molar-refractivity contribution in [2.75, 3.05) is 44.4 Å². The van der Waals surface area contributed by atoms with Gasteiger partial charge in [0.2, 0.25) is 11.8 Å². The minimum absolute atomic E-state index is 0.111. The molecule has 13 rings (SSSR count). The summed E-state index contributed by atoms with van der Waals surface area (Å²) in [6.45, 7) is 8.79. The van der Waals surface area contributed by atoms with Crippen LogP contribution in [0, 0.1) is 18.7 Å². The molecule has 0 radical (unpaired) electrons. The number of likely N-dealkylation sites (tertiary alicyclic amines) is 1. The topological polar surface area (TPSA) is 224 Å². The number of hydrogen-bond acceptors (Lipinski definition) is 15. The number of carbonyl (C=O) groups excluding carboxylic acids is 2. The quantitative estimate of drug-likeness (QED) is 0.0670. The molecule has 2 bridgehead atoms. The van der Waals surface area contributed by atoms with Gasteiger partial charge in [-0.3, -0.25) is 19.7 Å². The first-order valence-corrected chi connectivity index (χ1v) is 28.5. The van der Waals surface area contributed by atoms with E-state index >= 15 is 4.39 Å². The van der Waals surface area contributed by atoms with Gasteiger partial charge in [0.1, 0.15) is 53.3 Å². The molecule has 19 nitrogen and oxygen atoms in total. The molecule has 2 amide bonds. The van der Waals surface area contributed by atoms with Gasteiger partial charge in [-0.25, -0.2) is 14.1 Å². The Kier molecular flexibility index (Phi) is 14.3. The van der Waals surface area contributed by atoms with Gasteiger partial charge in [0, 0.05) is 90.0 Å². The molecule has 0 unspecified atom stereocenters. The number of rotatable bonds is 17. The molecule has 4 aromatic heterocycles. The van der Waals surface area contributed by atoms with Crippen molar-refractivity contribution in [3.05, 3.63) is 119 Å². The predicted octanol–water partition coefficient (Wildman–Crippen LogP) is 8.59. The third-order valence-electron chi connectivity index (χ3n) is 16.8. The van der Waals surface area contributed by atoms with E-state index in [9.17, 15) is 14.7 Å². The Balaban J connectivity index is 0.777. The molecular formula is C60H63ClFN13O6. The molecule has 8 aromatic rings. The average molecular weight is 1120 g/mol. The SMILES string of the molecule is Cc1c(F)cc2[nH]ncc2c1-c1c(C2CC2)cc2c(N3C[C@@H]4C[C@H]3CN4)nc(OC3CCOCC3)nc2c1OCc1ccc(-c2cn([C@H](C(=O)N3CCC[C@H]3C(=O)N[C@@H](CO)c3ccc(-c4nccnc4Cl)cc3)C(C)C)nn2)cc1. The van der Waals surface area contributed by atoms with Gasteiger partial charge in [-0.05, 0) is 85.3 Å². The first-order valence-electron chi connectivity index (χ1n) is 28.2. The van der Waals surface area contributed by atoms with Crippen LogP contribution in [0.15, 0.2) is 85.5 Å². The van der Waals surface area contributed by atoms with E-state index in [-0.39, 0.29) is 66.0 Å². The van der Waals surface area contributed by atoms with Crippen molar-refractivity contribution in [3.63, 3.8) is 0 Å². The number of carbonyl (C=O) groups is 2. The van der Waals surface area contributed by atoms with E-state index in [2.05, 4.69) is 52.1 Å². The van der Waals surface area contributed by atoms with Crippen LogP contribution in [0.2, 0.25) is 5.15 Å². The maximum absolute atomic E-state index is 16.2. The molecule has 4 aliphatic heterocycles. The van der Waals surface area contributed by atoms with Gasteiger partial charge in [-0.2, -0.15) is 15.1 Å². The highest BCUT2D eigenvalue weighted by Gasteiger charge is 2.42. The van der Waals surface area contributed by atoms with E-state index in [1.165, 1.54) is 12.3 Å². The van der Waals surface area contributed by atoms with Gasteiger partial charge < -0.3 is 39.8 Å². The van der Waals surface area contributed by atoms with Gasteiger partial charge in [-0.1, -0.05) is 79.2 Å². The lowest BCUT2D eigenvalue weighted by Gasteiger charge is -2.31. The van der Waals surface area contributed by atoms with Crippen LogP contribution < -0.4 is 25.0 Å². The van der Waals surface area contributed by atoms with E-state index in [0.717, 1.165) is 89.6 Å². The summed E-state index contributed by atoms with van der Waals surface area (Å²) in [4.78, 5) is 51.5. The number of anilines is 1. The van der Waals surface area contributed by atoms with Gasteiger partial charge in [-0.15, -0.1) is 5.10 Å². The van der Waals surface area contributed by atoms with Crippen LogP contribution in [0.3, 0.4) is 0 Å². The minimum Gasteiger partial charge on any atom is -0.486 e. The molecule has 1 aliphatic carbocycles. The Bertz CT molecular complexity index is 3660. The Hall–Kier alpha value is -7.65. The van der Waals surface area contributed by atoms with Gasteiger partial charge in [0.15, 0.2) is 10.9 Å². The second-order valence-corrected chi connectivity index (χ2v) is 22.8. The number of ether oxygens (including phenoxy) is 3. The first-order chi connectivity index (χ1) is 39.5. The van der Waals surface area contributed by atoms with Crippen molar-refractivity contribution in [2.24, 2.45) is 5.92 Å². The van der Waals surface area contributed by atoms with Crippen molar-refractivity contribution < 1.29 is 33.3 Å². The summed E-state index contributed by atoms with van der Waals surface area (Å²) in [5.74, 6) is 0.455. The number of hydrogen-bond donors (Lipinski definition) is 4. The Morgan fingerprint density at radius 2 is 1.75 bits per heavy atom. The number of H-pyrrole nitrogens is 1. The van der Waals surface area contributed by atoms with E-state index in [4.69, 9.17) is 35.8 Å². The summed E-state index contributed by atoms with van der Waals surface area (Å²) >= 11 is 6.28. The Labute approximate surface area is 472 Å². The van der Waals surface area contributed by atoms with Crippen LogP contribution >= 0.6 is 11.6 Å². The van der Waals surface area contributed by atoms with E-state index in [1.807, 2.05) is 57.2 Å². The molecule has 81 heavy (non-hydrogen) atoms. The lowest BCUT2D eigenvalue weighted by Crippen LogP contribution is -2.50. The van der Waals surface area contributed by atoms with Gasteiger partial charge in [0.25, 0.3) is 0 Å². The fourth-order valence-electron chi connectivity index (χ4n) is 12.4. The zero-order valence-electron chi connectivity index (χ0n) is 45.3. The molecule has 21 heteroatoms. The highest BCUT2D eigenvalue weighted by molar-refractivity contribution is 6.31. The highest BCUT2D eigenvalue weighted by atomic mass is 35.5. The number of halogens is 2. The number of aromatic nitrogens is 9. The maximum Gasteiger partial charge on any atom is 0.319 e. The fraction of sp³-hybridized carbons (Fsp3) is 0.417. The highest BCUT2D eigenvalue weighted by Crippen LogP contribution is 2.53. The molecule has 5 fully saturated rings. The number of aliphatic hydroxyl groups is 1. The third-order valence-corrected chi connectivity index (χ3v) is 17.1. The Morgan fingerprint density at radius 1 is 0.963 bits per heavy atom. The van der Waals surface area contributed by atoms with Crippen LogP contribution in [-0.4, -0.2) is 131 Å². The second kappa shape index (κ2) is 22.0. The van der Waals surface area contributed by atoms with E-state index < -0.39 is 18.1 Å². The molecule has 5 atom stereocenters. The molecule has 0 spiro atoms. The number of aromatic amines is 1. The molecule has 4 aromatic carbocycles. The summed E-state index contributed by atoms with van der Waals surface area (Å²) in [5.41, 5.74) is 8.43. The lowest BCUT2D eigenvalue weighted by atomic mass is 9.88. The lowest BCUT2D eigenvalue weighted by molar-refractivity contribution is -0.142. The zero-order valence-corrected chi connectivity index (χ0v) is 46.1. The van der Waals surface area contributed by atoms with Crippen molar-refractivity contribution in [1.82, 2.24) is 60.7 Å². The number of nitrogens with zero attached hydrogens (tertiary/aromatic N) is 10. The summed E-state index contributed by atoms with van der Waals surface area (Å²) in [5, 5.41) is 35.4. The molecule has 4 saturated heterocycles. The van der Waals surface area contributed by atoms with Crippen LogP contribution in [0.25, 0.3) is 55.4 Å². The maximum atomic E-state index is 16.2. The standard InChI is InChI=1S/C60H63ClFN13O6/c1-32(2)54(59(78)73-20-4-5-49(73)58(77)67-48(30-76)37-12-14-38(15-13-37)52-56(61)64-19-18-63-52)75-29-47(71-72-75)36-8-6-34(7-9-36)31-80-55-51(50-33(3)45(62)25-46-44(50)27-66-70-46)42(35-10-11-35)24-43-53(55)68-60(81-41-16-21-79-22-17-41)69-57(43)74-28-39-23-40(74)26-65-39/h6-9,12-15,18-19,24-25,27,29,32,35,39-41,48-49,54,65,76H,4-5,10-11,16-17,20-23,26,28,30-31H2,1-3H3,(H,66,70)(H,67,77)/t39-,40-,48-,49-,54-/m0/s1. The van der Waals surface area contributed by atoms with Crippen LogP contribution in [-0.2, 0) is 20.9 Å². The fourth-order valence-corrected chi connectivity index (χ4v) is 12.6. The number of piperazine rings is 1. The predicted molar refractivity (Wildman–Crippen MR) is 302 cm³/mol. The van der Waals surface area contributed by atoms with E-state index in [0.29, 0.717) is 83.5 Å². The number of benzene rings is 4. The summed E-state index contributed by atoms with van der Waals surface area (Å²) in [7, 11) is 0. The number of amides is 2. The number of nitrogens with one attached hydrogen (secondary N) is 3. The van der Waals surface area contributed by atoms with Crippen molar-refractivity contribution in [3.8, 4) is 45.4 Å². The normalized spacial score (nSPS) is 20.0. The van der Waals surface area contributed by atoms with Gasteiger partial charge in [0.05, 0.1) is 43.8 Å². The van der Waals surface area contributed by atoms with Gasteiger partial charge >= 0.3 is 6.01 Å². The smallest absolute Gasteiger partial charge is 0.319 e. The number of fused-ring (bicyclic) bond motifs is 4. The van der Waals surface area contributed by atoms with Crippen molar-refractivity contribution in [1.29, 1.82) is 0 Å². The molecule has 5 aliphatic rings. The monoisotopic (exact) mass is 1120 g/mol. The van der Waals surface area contributed by atoms with Crippen LogP contribution in [0.4, 0.5) is 10.2 Å². The minimum atomic E-state index is -0.744. The molecule has 418 valence electrons. The van der Waals surface area contributed by atoms with E-state index in [1.54, 1.807) is 40.3 Å². The summed E-state index contributed by atoms with van der Waals surface area (Å²) in [6, 6.07) is 17.6. The largest absolute Gasteiger partial charge is 0.486 e. The molecule has 4 N–H and O–H groups in total. The van der Waals surface area contributed by atoms with Crippen molar-refractivity contribution in [2.45, 2.75) is 115 Å². The zero-order chi connectivity index (χ0) is 55.5.